The second-order valence-corrected chi connectivity index (χ2v) is 4.46. The Bertz CT molecular complexity index is 390. The molecule has 0 bridgehead atoms. The largest absolute Gasteiger partial charge is 0.497 e. The number of benzene rings is 1. The highest BCUT2D eigenvalue weighted by Gasteiger charge is 2.35. The molecule has 2 rings (SSSR count). The Morgan fingerprint density at radius 3 is 2.53 bits per heavy atom. The smallest absolute Gasteiger partial charge is 0.127 e. The van der Waals surface area contributed by atoms with E-state index in [4.69, 9.17) is 15.2 Å². The molecule has 1 saturated carbocycles. The molecule has 0 radical (unpaired) electrons. The highest BCUT2D eigenvalue weighted by molar-refractivity contribution is 5.43. The molecule has 94 valence electrons. The van der Waals surface area contributed by atoms with Crippen LogP contribution in [-0.4, -0.2) is 25.4 Å². The Balaban J connectivity index is 2.23. The molecule has 1 aromatic carbocycles. The molecule has 2 atom stereocenters. The van der Waals surface area contributed by atoms with Crippen LogP contribution >= 0.6 is 0 Å². The Kier molecular flexibility index (Phi) is 3.54. The number of hydrogen-bond acceptors (Lipinski definition) is 4. The molecule has 3 N–H and O–H groups in total. The summed E-state index contributed by atoms with van der Waals surface area (Å²) in [7, 11) is 3.20. The monoisotopic (exact) mass is 237 g/mol. The second-order valence-electron chi connectivity index (χ2n) is 4.46. The number of hydrogen-bond donors (Lipinski definition) is 2. The van der Waals surface area contributed by atoms with Crippen LogP contribution in [0.25, 0.3) is 0 Å². The maximum atomic E-state index is 10.0. The van der Waals surface area contributed by atoms with Crippen molar-refractivity contribution in [2.75, 3.05) is 14.2 Å². The third-order valence-electron chi connectivity index (χ3n) is 3.27. The fourth-order valence-corrected chi connectivity index (χ4v) is 2.01. The second kappa shape index (κ2) is 4.94. The van der Waals surface area contributed by atoms with Crippen LogP contribution in [0.4, 0.5) is 0 Å². The number of nitrogens with two attached hydrogens (primary N) is 1. The lowest BCUT2D eigenvalue weighted by Gasteiger charge is -2.21. The zero-order valence-corrected chi connectivity index (χ0v) is 10.2. The first kappa shape index (κ1) is 12.2. The van der Waals surface area contributed by atoms with Gasteiger partial charge in [0.25, 0.3) is 0 Å². The zero-order valence-electron chi connectivity index (χ0n) is 10.2. The third kappa shape index (κ3) is 2.53. The van der Waals surface area contributed by atoms with Crippen molar-refractivity contribution >= 4 is 0 Å². The minimum absolute atomic E-state index is 0.344. The lowest BCUT2D eigenvalue weighted by Crippen LogP contribution is -2.28. The Morgan fingerprint density at radius 2 is 2.00 bits per heavy atom. The summed E-state index contributed by atoms with van der Waals surface area (Å²) in [5, 5.41) is 10.0. The zero-order chi connectivity index (χ0) is 12.4. The van der Waals surface area contributed by atoms with Crippen LogP contribution in [-0.2, 0) is 0 Å². The van der Waals surface area contributed by atoms with Crippen LogP contribution < -0.4 is 15.2 Å². The Morgan fingerprint density at radius 1 is 1.29 bits per heavy atom. The Labute approximate surface area is 101 Å². The lowest BCUT2D eigenvalue weighted by atomic mass is 9.98. The van der Waals surface area contributed by atoms with E-state index >= 15 is 0 Å². The van der Waals surface area contributed by atoms with Gasteiger partial charge in [-0.2, -0.15) is 0 Å². The van der Waals surface area contributed by atoms with Gasteiger partial charge in [0.15, 0.2) is 0 Å². The van der Waals surface area contributed by atoms with Gasteiger partial charge in [-0.25, -0.2) is 0 Å². The van der Waals surface area contributed by atoms with Crippen LogP contribution in [0.2, 0.25) is 0 Å². The quantitative estimate of drug-likeness (QED) is 0.814. The summed E-state index contributed by atoms with van der Waals surface area (Å²) >= 11 is 0. The standard InChI is InChI=1S/C13H19NO3/c1-16-9-5-6-10(11(7-9)17-2)12(14)13(15)8-3-4-8/h5-8,12-13,15H,3-4,14H2,1-2H3/t12-,13+/m1/s1. The predicted molar refractivity (Wildman–Crippen MR) is 65.2 cm³/mol. The highest BCUT2D eigenvalue weighted by atomic mass is 16.5. The van der Waals surface area contributed by atoms with E-state index in [9.17, 15) is 5.11 Å². The molecule has 0 aromatic heterocycles. The first-order chi connectivity index (χ1) is 8.17. The van der Waals surface area contributed by atoms with Gasteiger partial charge in [-0.05, 0) is 30.9 Å². The van der Waals surface area contributed by atoms with Crippen LogP contribution in [0, 0.1) is 5.92 Å². The van der Waals surface area contributed by atoms with E-state index in [1.54, 1.807) is 20.3 Å². The minimum atomic E-state index is -0.489. The van der Waals surface area contributed by atoms with Crippen molar-refractivity contribution in [1.29, 1.82) is 0 Å². The highest BCUT2D eigenvalue weighted by Crippen LogP contribution is 2.39. The molecule has 0 aliphatic heterocycles. The predicted octanol–water partition coefficient (Wildman–Crippen LogP) is 1.47. The normalized spacial score (nSPS) is 18.6. The van der Waals surface area contributed by atoms with E-state index in [1.165, 1.54) is 0 Å². The Hall–Kier alpha value is -1.26. The molecular weight excluding hydrogens is 218 g/mol. The fourth-order valence-electron chi connectivity index (χ4n) is 2.01. The lowest BCUT2D eigenvalue weighted by molar-refractivity contribution is 0.121. The molecule has 4 nitrogen and oxygen atoms in total. The SMILES string of the molecule is COc1ccc([C@@H](N)[C@@H](O)C2CC2)c(OC)c1. The number of ether oxygens (including phenoxy) is 2. The topological polar surface area (TPSA) is 64.7 Å². The molecule has 17 heavy (non-hydrogen) atoms. The molecule has 1 aliphatic rings. The average Bonchev–Trinajstić information content (AvgIpc) is 3.20. The van der Waals surface area contributed by atoms with Gasteiger partial charge < -0.3 is 20.3 Å². The van der Waals surface area contributed by atoms with Gasteiger partial charge in [-0.15, -0.1) is 0 Å². The first-order valence-corrected chi connectivity index (χ1v) is 5.83. The van der Waals surface area contributed by atoms with Gasteiger partial charge in [0.1, 0.15) is 11.5 Å². The van der Waals surface area contributed by atoms with Crippen LogP contribution in [0.15, 0.2) is 18.2 Å². The summed E-state index contributed by atoms with van der Waals surface area (Å²) in [6.45, 7) is 0. The summed E-state index contributed by atoms with van der Waals surface area (Å²) in [5.74, 6) is 1.73. The molecule has 1 aliphatic carbocycles. The summed E-state index contributed by atoms with van der Waals surface area (Å²) in [6.07, 6.45) is 1.64. The van der Waals surface area contributed by atoms with Crippen LogP contribution in [0.5, 0.6) is 11.5 Å². The molecule has 0 unspecified atom stereocenters. The van der Waals surface area contributed by atoms with E-state index < -0.39 is 12.1 Å². The fraction of sp³-hybridized carbons (Fsp3) is 0.538. The van der Waals surface area contributed by atoms with Gasteiger partial charge in [0, 0.05) is 11.6 Å². The molecule has 0 saturated heterocycles. The first-order valence-electron chi connectivity index (χ1n) is 5.83. The maximum Gasteiger partial charge on any atom is 0.127 e. The van der Waals surface area contributed by atoms with Crippen molar-refractivity contribution in [3.8, 4) is 11.5 Å². The van der Waals surface area contributed by atoms with Crippen LogP contribution in [0.1, 0.15) is 24.4 Å². The molecule has 1 fully saturated rings. The average molecular weight is 237 g/mol. The summed E-state index contributed by atoms with van der Waals surface area (Å²) in [6, 6.07) is 5.07. The van der Waals surface area contributed by atoms with Gasteiger partial charge in [0.05, 0.1) is 26.4 Å². The van der Waals surface area contributed by atoms with E-state index in [-0.39, 0.29) is 0 Å². The summed E-state index contributed by atoms with van der Waals surface area (Å²) in [5.41, 5.74) is 6.90. The minimum Gasteiger partial charge on any atom is -0.497 e. The van der Waals surface area contributed by atoms with Crippen molar-refractivity contribution in [3.05, 3.63) is 23.8 Å². The van der Waals surface area contributed by atoms with Gasteiger partial charge in [-0.3, -0.25) is 0 Å². The van der Waals surface area contributed by atoms with Crippen molar-refractivity contribution in [2.24, 2.45) is 11.7 Å². The van der Waals surface area contributed by atoms with E-state index in [2.05, 4.69) is 0 Å². The maximum absolute atomic E-state index is 10.0. The van der Waals surface area contributed by atoms with Crippen LogP contribution in [0.3, 0.4) is 0 Å². The number of methoxy groups -OCH3 is 2. The van der Waals surface area contributed by atoms with Crippen molar-refractivity contribution in [2.45, 2.75) is 25.0 Å². The van der Waals surface area contributed by atoms with Crippen molar-refractivity contribution in [3.63, 3.8) is 0 Å². The molecule has 1 aromatic rings. The number of aliphatic hydroxyl groups is 1. The molecule has 0 heterocycles. The molecular formula is C13H19NO3. The molecule has 0 spiro atoms. The van der Waals surface area contributed by atoms with Gasteiger partial charge >= 0.3 is 0 Å². The van der Waals surface area contributed by atoms with Crippen molar-refractivity contribution in [1.82, 2.24) is 0 Å². The molecule has 0 amide bonds. The molecule has 4 heteroatoms. The van der Waals surface area contributed by atoms with Crippen molar-refractivity contribution < 1.29 is 14.6 Å². The van der Waals surface area contributed by atoms with Gasteiger partial charge in [-0.1, -0.05) is 0 Å². The van der Waals surface area contributed by atoms with E-state index in [0.29, 0.717) is 11.7 Å². The van der Waals surface area contributed by atoms with Gasteiger partial charge in [0.2, 0.25) is 0 Å². The number of aliphatic hydroxyl groups excluding tert-OH is 1. The summed E-state index contributed by atoms with van der Waals surface area (Å²) < 4.78 is 10.4. The van der Waals surface area contributed by atoms with E-state index in [0.717, 1.165) is 24.2 Å². The third-order valence-corrected chi connectivity index (χ3v) is 3.27. The summed E-state index contributed by atoms with van der Waals surface area (Å²) in [4.78, 5) is 0. The van der Waals surface area contributed by atoms with E-state index in [1.807, 2.05) is 12.1 Å². The number of rotatable bonds is 5.